The van der Waals surface area contributed by atoms with Gasteiger partial charge in [-0.2, -0.15) is 15.4 Å². The number of rotatable bonds is 12. The molecule has 13 nitrogen and oxygen atoms in total. The van der Waals surface area contributed by atoms with E-state index in [2.05, 4.69) is 16.5 Å². The van der Waals surface area contributed by atoms with Gasteiger partial charge in [-0.05, 0) is 50.7 Å². The SMILES string of the molecule is O=C(O)CC(/C=N/OCCC1=CCCCC1)NC(O)[C@@H]1CCCN2C(O)CCN([NH2+]C(=O)c3ccccc3)C(=O)N12. The van der Waals surface area contributed by atoms with Crippen molar-refractivity contribution in [1.29, 1.82) is 0 Å². The van der Waals surface area contributed by atoms with Crippen molar-refractivity contribution < 1.29 is 40.0 Å². The molecule has 4 atom stereocenters. The summed E-state index contributed by atoms with van der Waals surface area (Å²) < 4.78 is 0. The highest BCUT2D eigenvalue weighted by Crippen LogP contribution is 2.26. The molecule has 41 heavy (non-hydrogen) atoms. The van der Waals surface area contributed by atoms with Crippen LogP contribution in [0, 0.1) is 0 Å². The van der Waals surface area contributed by atoms with Gasteiger partial charge < -0.3 is 20.2 Å². The maximum absolute atomic E-state index is 13.7. The Balaban J connectivity index is 1.41. The van der Waals surface area contributed by atoms with Crippen LogP contribution in [0.4, 0.5) is 4.79 Å². The summed E-state index contributed by atoms with van der Waals surface area (Å²) in [6.45, 7) is 0.877. The smallest absolute Gasteiger partial charge is 0.379 e. The molecule has 2 aliphatic heterocycles. The van der Waals surface area contributed by atoms with Gasteiger partial charge in [0.05, 0.1) is 36.8 Å². The summed E-state index contributed by atoms with van der Waals surface area (Å²) in [6, 6.07) is 6.31. The van der Waals surface area contributed by atoms with Crippen molar-refractivity contribution in [2.75, 3.05) is 19.7 Å². The summed E-state index contributed by atoms with van der Waals surface area (Å²) >= 11 is 0. The number of quaternary nitrogens is 1. The third kappa shape index (κ3) is 8.57. The van der Waals surface area contributed by atoms with Gasteiger partial charge in [-0.15, -0.1) is 0 Å². The third-order valence-corrected chi connectivity index (χ3v) is 7.58. The summed E-state index contributed by atoms with van der Waals surface area (Å²) in [4.78, 5) is 43.4. The lowest BCUT2D eigenvalue weighted by atomic mass is 9.98. The van der Waals surface area contributed by atoms with E-state index in [-0.39, 0.29) is 25.3 Å². The van der Waals surface area contributed by atoms with Gasteiger partial charge in [0, 0.05) is 19.4 Å². The molecule has 3 amide bonds. The van der Waals surface area contributed by atoms with Gasteiger partial charge in [0.2, 0.25) is 0 Å². The average molecular weight is 574 g/mol. The first-order valence-corrected chi connectivity index (χ1v) is 14.3. The molecular weight excluding hydrogens is 532 g/mol. The van der Waals surface area contributed by atoms with Crippen LogP contribution in [0.3, 0.4) is 0 Å². The predicted molar refractivity (Wildman–Crippen MR) is 148 cm³/mol. The number of carbonyl (C=O) groups is 3. The van der Waals surface area contributed by atoms with E-state index in [0.29, 0.717) is 31.6 Å². The second-order valence-electron chi connectivity index (χ2n) is 10.6. The zero-order valence-electron chi connectivity index (χ0n) is 23.2. The number of urea groups is 1. The zero-order chi connectivity index (χ0) is 29.2. The molecule has 1 aromatic rings. The monoisotopic (exact) mass is 573 g/mol. The number of nitrogens with two attached hydrogens (primary N) is 1. The summed E-state index contributed by atoms with van der Waals surface area (Å²) in [7, 11) is 0. The van der Waals surface area contributed by atoms with Crippen molar-refractivity contribution in [1.82, 2.24) is 20.3 Å². The Morgan fingerprint density at radius 2 is 1.98 bits per heavy atom. The molecule has 3 aliphatic rings. The summed E-state index contributed by atoms with van der Waals surface area (Å²) in [5.41, 5.74) is 2.98. The zero-order valence-corrected chi connectivity index (χ0v) is 23.2. The van der Waals surface area contributed by atoms with Gasteiger partial charge in [0.25, 0.3) is 0 Å². The maximum Gasteiger partial charge on any atom is 0.379 e. The lowest BCUT2D eigenvalue weighted by Crippen LogP contribution is -2.98. The number of oxime groups is 1. The number of carbonyl (C=O) groups excluding carboxylic acids is 2. The molecule has 4 rings (SSSR count). The average Bonchev–Trinajstić information content (AvgIpc) is 3.09. The molecular formula is C28H41N6O7+. The Hall–Kier alpha value is -3.36. The van der Waals surface area contributed by atoms with Crippen LogP contribution < -0.4 is 10.7 Å². The van der Waals surface area contributed by atoms with Crippen LogP contribution in [0.5, 0.6) is 0 Å². The number of primary amides is 1. The van der Waals surface area contributed by atoms with E-state index >= 15 is 0 Å². The summed E-state index contributed by atoms with van der Waals surface area (Å²) in [5.74, 6) is -1.45. The number of aliphatic carboxylic acids is 1. The first-order valence-electron chi connectivity index (χ1n) is 14.3. The predicted octanol–water partition coefficient (Wildman–Crippen LogP) is 0.775. The number of fused-ring (bicyclic) bond motifs is 1. The number of nitrogens with zero attached hydrogens (tertiary/aromatic N) is 4. The van der Waals surface area contributed by atoms with Crippen molar-refractivity contribution in [2.45, 2.75) is 82.3 Å². The van der Waals surface area contributed by atoms with Gasteiger partial charge >= 0.3 is 17.9 Å². The lowest BCUT2D eigenvalue weighted by Gasteiger charge is -2.46. The third-order valence-electron chi connectivity index (χ3n) is 7.58. The van der Waals surface area contributed by atoms with Crippen LogP contribution in [0.2, 0.25) is 0 Å². The summed E-state index contributed by atoms with van der Waals surface area (Å²) in [6.07, 6.45) is 7.29. The Labute approximate surface area is 239 Å². The molecule has 3 unspecified atom stereocenters. The van der Waals surface area contributed by atoms with Crippen LogP contribution in [-0.2, 0) is 9.63 Å². The minimum atomic E-state index is -1.35. The number of hydrazine groups is 1. The first kappa shape index (κ1) is 30.6. The number of hydrogen-bond acceptors (Lipinski definition) is 9. The molecule has 2 heterocycles. The second kappa shape index (κ2) is 15.0. The molecule has 2 fully saturated rings. The normalized spacial score (nSPS) is 23.5. The van der Waals surface area contributed by atoms with Crippen LogP contribution >= 0.6 is 0 Å². The molecule has 224 valence electrons. The lowest BCUT2D eigenvalue weighted by molar-refractivity contribution is -0.701. The molecule has 0 saturated carbocycles. The number of aliphatic hydroxyl groups is 2. The van der Waals surface area contributed by atoms with Gasteiger partial charge in [-0.3, -0.25) is 10.1 Å². The van der Waals surface area contributed by atoms with Crippen molar-refractivity contribution in [3.63, 3.8) is 0 Å². The van der Waals surface area contributed by atoms with Crippen molar-refractivity contribution in [3.8, 4) is 0 Å². The number of carboxylic acids is 1. The van der Waals surface area contributed by atoms with Crippen LogP contribution in [0.25, 0.3) is 0 Å². The van der Waals surface area contributed by atoms with Crippen molar-refractivity contribution in [2.24, 2.45) is 5.16 Å². The number of benzene rings is 1. The van der Waals surface area contributed by atoms with E-state index in [0.717, 1.165) is 19.3 Å². The largest absolute Gasteiger partial charge is 0.481 e. The molecule has 6 N–H and O–H groups in total. The second-order valence-corrected chi connectivity index (χ2v) is 10.6. The molecule has 0 spiro atoms. The van der Waals surface area contributed by atoms with Crippen LogP contribution in [-0.4, -0.2) is 98.7 Å². The van der Waals surface area contributed by atoms with Gasteiger partial charge in [0.1, 0.15) is 19.1 Å². The van der Waals surface area contributed by atoms with E-state index in [1.165, 1.54) is 45.1 Å². The number of amides is 3. The molecule has 1 aromatic carbocycles. The fraction of sp³-hybridized carbons (Fsp3) is 0.571. The number of carboxylic acid groups (broad SMARTS) is 1. The highest BCUT2D eigenvalue weighted by atomic mass is 16.6. The van der Waals surface area contributed by atoms with Crippen LogP contribution in [0.1, 0.15) is 68.1 Å². The first-order chi connectivity index (χ1) is 19.8. The molecule has 0 aromatic heterocycles. The number of aliphatic hydroxyl groups excluding tert-OH is 2. The highest BCUT2D eigenvalue weighted by Gasteiger charge is 2.45. The van der Waals surface area contributed by atoms with Gasteiger partial charge in [-0.25, -0.2) is 14.6 Å². The van der Waals surface area contributed by atoms with E-state index < -0.39 is 36.5 Å². The Kier molecular flexibility index (Phi) is 11.2. The minimum Gasteiger partial charge on any atom is -0.481 e. The number of hydrogen-bond donors (Lipinski definition) is 5. The van der Waals surface area contributed by atoms with E-state index in [1.54, 1.807) is 30.3 Å². The molecule has 1 aliphatic carbocycles. The fourth-order valence-electron chi connectivity index (χ4n) is 5.44. The quantitative estimate of drug-likeness (QED) is 0.0461. The molecule has 0 radical (unpaired) electrons. The Morgan fingerprint density at radius 1 is 1.17 bits per heavy atom. The number of allylic oxidation sites excluding steroid dienone is 1. The van der Waals surface area contributed by atoms with E-state index in [9.17, 15) is 29.7 Å². The summed E-state index contributed by atoms with van der Waals surface area (Å²) in [5, 5.41) is 42.3. The standard InChI is InChI=1S/C28H40N6O7/c35-24-13-16-32(31-26(38)21-10-5-2-6-11-21)28(40)34-23(12-7-15-33(24)34)27(39)30-22(18-25(36)37)19-29-41-17-14-20-8-3-1-4-9-20/h2,5-6,8,10-11,19,22-24,27,30,35,39H,1,3-4,7,9,12-18H2,(H,31,38)(H,36,37)/p+1/b29-19+/t22?,23-,24?,27?/m0/s1. The van der Waals surface area contributed by atoms with Crippen LogP contribution in [0.15, 0.2) is 47.1 Å². The topological polar surface area (TPSA) is 172 Å². The molecule has 0 bridgehead atoms. The molecule has 13 heteroatoms. The van der Waals surface area contributed by atoms with E-state index in [4.69, 9.17) is 4.84 Å². The van der Waals surface area contributed by atoms with Gasteiger partial charge in [0.15, 0.2) is 0 Å². The Bertz CT molecular complexity index is 1100. The molecule has 2 saturated heterocycles. The van der Waals surface area contributed by atoms with E-state index in [1.807, 2.05) is 0 Å². The maximum atomic E-state index is 13.7. The van der Waals surface area contributed by atoms with Gasteiger partial charge in [-0.1, -0.05) is 35.0 Å². The van der Waals surface area contributed by atoms with Crippen molar-refractivity contribution in [3.05, 3.63) is 47.5 Å². The fourth-order valence-corrected chi connectivity index (χ4v) is 5.44. The Morgan fingerprint density at radius 3 is 2.71 bits per heavy atom. The highest BCUT2D eigenvalue weighted by molar-refractivity contribution is 5.87. The number of nitrogens with one attached hydrogen (secondary N) is 1. The minimum absolute atomic E-state index is 0.115. The van der Waals surface area contributed by atoms with Crippen molar-refractivity contribution >= 4 is 24.1 Å².